The highest BCUT2D eigenvalue weighted by Crippen LogP contribution is 2.14. The molecule has 0 aliphatic heterocycles. The fourth-order valence-electron chi connectivity index (χ4n) is 3.20. The summed E-state index contributed by atoms with van der Waals surface area (Å²) in [6, 6.07) is 11.0. The molecule has 0 radical (unpaired) electrons. The SMILES string of the molecule is CCCC(NC(=O)NCc1ccc(F)cc1)C(=O)Nc1ccc(C(=O)c2nccn2C)cc1. The molecule has 0 aliphatic carbocycles. The van der Waals surface area contributed by atoms with Gasteiger partial charge in [-0.1, -0.05) is 25.5 Å². The van der Waals surface area contributed by atoms with Crippen LogP contribution in [-0.4, -0.2) is 33.3 Å². The minimum Gasteiger partial charge on any atom is -0.334 e. The summed E-state index contributed by atoms with van der Waals surface area (Å²) in [5.74, 6) is -0.608. The Kier molecular flexibility index (Phi) is 7.91. The molecule has 1 aromatic heterocycles. The van der Waals surface area contributed by atoms with Gasteiger partial charge in [0, 0.05) is 37.2 Å². The van der Waals surface area contributed by atoms with Crippen LogP contribution in [0.15, 0.2) is 60.9 Å². The van der Waals surface area contributed by atoms with Crippen molar-refractivity contribution in [1.29, 1.82) is 0 Å². The van der Waals surface area contributed by atoms with Gasteiger partial charge in [-0.25, -0.2) is 14.2 Å². The van der Waals surface area contributed by atoms with Crippen molar-refractivity contribution in [3.63, 3.8) is 0 Å². The van der Waals surface area contributed by atoms with Crippen molar-refractivity contribution in [1.82, 2.24) is 20.2 Å². The van der Waals surface area contributed by atoms with E-state index in [-0.39, 0.29) is 24.1 Å². The first-order chi connectivity index (χ1) is 15.9. The minimum atomic E-state index is -0.739. The van der Waals surface area contributed by atoms with E-state index in [4.69, 9.17) is 0 Å². The summed E-state index contributed by atoms with van der Waals surface area (Å²) in [5.41, 5.74) is 1.69. The number of carbonyl (C=O) groups excluding carboxylic acids is 3. The van der Waals surface area contributed by atoms with E-state index in [1.807, 2.05) is 6.92 Å². The molecule has 2 aromatic carbocycles. The Morgan fingerprint density at radius 3 is 2.36 bits per heavy atom. The molecule has 9 heteroatoms. The fraction of sp³-hybridized carbons (Fsp3) is 0.250. The van der Waals surface area contributed by atoms with Crippen molar-refractivity contribution in [3.05, 3.63) is 83.7 Å². The molecule has 1 atom stereocenters. The smallest absolute Gasteiger partial charge is 0.315 e. The fourth-order valence-corrected chi connectivity index (χ4v) is 3.20. The summed E-state index contributed by atoms with van der Waals surface area (Å²) >= 11 is 0. The van der Waals surface area contributed by atoms with Gasteiger partial charge in [-0.15, -0.1) is 0 Å². The minimum absolute atomic E-state index is 0.206. The lowest BCUT2D eigenvalue weighted by Gasteiger charge is -2.18. The zero-order valence-electron chi connectivity index (χ0n) is 18.5. The summed E-state index contributed by atoms with van der Waals surface area (Å²) in [6.07, 6.45) is 4.38. The zero-order valence-corrected chi connectivity index (χ0v) is 18.5. The van der Waals surface area contributed by atoms with Gasteiger partial charge in [0.05, 0.1) is 0 Å². The molecular formula is C24H26FN5O3. The number of halogens is 1. The summed E-state index contributed by atoms with van der Waals surface area (Å²) in [4.78, 5) is 41.6. The van der Waals surface area contributed by atoms with Crippen LogP contribution in [0.3, 0.4) is 0 Å². The number of anilines is 1. The molecule has 1 heterocycles. The number of nitrogens with one attached hydrogen (secondary N) is 3. The van der Waals surface area contributed by atoms with E-state index in [0.29, 0.717) is 29.9 Å². The topological polar surface area (TPSA) is 105 Å². The number of nitrogens with zero attached hydrogens (tertiary/aromatic N) is 2. The number of aryl methyl sites for hydroxylation is 1. The van der Waals surface area contributed by atoms with Crippen LogP contribution in [0, 0.1) is 5.82 Å². The molecule has 0 saturated heterocycles. The Balaban J connectivity index is 1.56. The molecular weight excluding hydrogens is 425 g/mol. The maximum atomic E-state index is 13.0. The number of hydrogen-bond donors (Lipinski definition) is 3. The van der Waals surface area contributed by atoms with Gasteiger partial charge < -0.3 is 20.5 Å². The molecule has 0 fully saturated rings. The molecule has 3 amide bonds. The lowest BCUT2D eigenvalue weighted by atomic mass is 10.1. The highest BCUT2D eigenvalue weighted by Gasteiger charge is 2.20. The van der Waals surface area contributed by atoms with Gasteiger partial charge in [-0.05, 0) is 48.4 Å². The second-order valence-corrected chi connectivity index (χ2v) is 7.55. The van der Waals surface area contributed by atoms with Crippen LogP contribution < -0.4 is 16.0 Å². The second-order valence-electron chi connectivity index (χ2n) is 7.55. The van der Waals surface area contributed by atoms with Gasteiger partial charge >= 0.3 is 6.03 Å². The molecule has 1 unspecified atom stereocenters. The number of urea groups is 1. The lowest BCUT2D eigenvalue weighted by Crippen LogP contribution is -2.47. The standard InChI is InChI=1S/C24H26FN5O3/c1-3-4-20(29-24(33)27-15-16-5-9-18(25)10-6-16)23(32)28-19-11-7-17(8-12-19)21(31)22-26-13-14-30(22)2/h5-14,20H,3-4,15H2,1-2H3,(H,28,32)(H2,27,29,33). The normalized spacial score (nSPS) is 11.5. The van der Waals surface area contributed by atoms with E-state index >= 15 is 0 Å². The van der Waals surface area contributed by atoms with E-state index in [0.717, 1.165) is 5.56 Å². The zero-order chi connectivity index (χ0) is 23.8. The largest absolute Gasteiger partial charge is 0.334 e. The Labute approximate surface area is 191 Å². The van der Waals surface area contributed by atoms with Crippen molar-refractivity contribution in [2.45, 2.75) is 32.4 Å². The van der Waals surface area contributed by atoms with Crippen LogP contribution in [0.4, 0.5) is 14.9 Å². The third-order valence-corrected chi connectivity index (χ3v) is 5.00. The maximum absolute atomic E-state index is 13.0. The molecule has 3 rings (SSSR count). The predicted octanol–water partition coefficient (Wildman–Crippen LogP) is 3.40. The molecule has 33 heavy (non-hydrogen) atoms. The van der Waals surface area contributed by atoms with E-state index in [9.17, 15) is 18.8 Å². The first-order valence-corrected chi connectivity index (χ1v) is 10.6. The second kappa shape index (κ2) is 11.0. The predicted molar refractivity (Wildman–Crippen MR) is 122 cm³/mol. The molecule has 8 nitrogen and oxygen atoms in total. The average Bonchev–Trinajstić information content (AvgIpc) is 3.24. The van der Waals surface area contributed by atoms with Gasteiger partial charge in [-0.3, -0.25) is 9.59 Å². The quantitative estimate of drug-likeness (QED) is 0.434. The van der Waals surface area contributed by atoms with Crippen LogP contribution in [-0.2, 0) is 18.4 Å². The highest BCUT2D eigenvalue weighted by molar-refractivity contribution is 6.07. The number of rotatable bonds is 9. The molecule has 3 aromatic rings. The molecule has 0 aliphatic rings. The third kappa shape index (κ3) is 6.49. The number of benzene rings is 2. The summed E-state index contributed by atoms with van der Waals surface area (Å²) in [6.45, 7) is 2.12. The monoisotopic (exact) mass is 451 g/mol. The molecule has 0 spiro atoms. The van der Waals surface area contributed by atoms with E-state index in [2.05, 4.69) is 20.9 Å². The Morgan fingerprint density at radius 2 is 1.76 bits per heavy atom. The molecule has 172 valence electrons. The number of ketones is 1. The van der Waals surface area contributed by atoms with Crippen LogP contribution >= 0.6 is 0 Å². The van der Waals surface area contributed by atoms with Gasteiger partial charge in [0.2, 0.25) is 11.7 Å². The van der Waals surface area contributed by atoms with Crippen molar-refractivity contribution >= 4 is 23.4 Å². The van der Waals surface area contributed by atoms with Crippen LogP contribution in [0.2, 0.25) is 0 Å². The Bertz CT molecular complexity index is 1110. The van der Waals surface area contributed by atoms with Gasteiger partial charge in [0.25, 0.3) is 0 Å². The van der Waals surface area contributed by atoms with Crippen molar-refractivity contribution < 1.29 is 18.8 Å². The molecule has 3 N–H and O–H groups in total. The number of aromatic nitrogens is 2. The number of amides is 3. The number of carbonyl (C=O) groups is 3. The third-order valence-electron chi connectivity index (χ3n) is 5.00. The summed E-state index contributed by atoms with van der Waals surface area (Å²) in [5, 5.41) is 8.11. The number of imidazole rings is 1. The highest BCUT2D eigenvalue weighted by atomic mass is 19.1. The van der Waals surface area contributed by atoms with Crippen molar-refractivity contribution in [2.24, 2.45) is 7.05 Å². The van der Waals surface area contributed by atoms with E-state index in [1.165, 1.54) is 12.1 Å². The van der Waals surface area contributed by atoms with Gasteiger partial charge in [0.1, 0.15) is 11.9 Å². The average molecular weight is 452 g/mol. The first kappa shape index (κ1) is 23.6. The maximum Gasteiger partial charge on any atom is 0.315 e. The molecule has 0 saturated carbocycles. The summed E-state index contributed by atoms with van der Waals surface area (Å²) in [7, 11) is 1.74. The lowest BCUT2D eigenvalue weighted by molar-refractivity contribution is -0.118. The summed E-state index contributed by atoms with van der Waals surface area (Å²) < 4.78 is 14.6. The Morgan fingerprint density at radius 1 is 1.06 bits per heavy atom. The van der Waals surface area contributed by atoms with Crippen LogP contribution in [0.5, 0.6) is 0 Å². The van der Waals surface area contributed by atoms with E-state index < -0.39 is 12.1 Å². The van der Waals surface area contributed by atoms with Crippen LogP contribution in [0.1, 0.15) is 41.5 Å². The Hall–Kier alpha value is -4.01. The first-order valence-electron chi connectivity index (χ1n) is 10.6. The van der Waals surface area contributed by atoms with Crippen molar-refractivity contribution in [2.75, 3.05) is 5.32 Å². The van der Waals surface area contributed by atoms with E-state index in [1.54, 1.807) is 60.4 Å². The van der Waals surface area contributed by atoms with Crippen molar-refractivity contribution in [3.8, 4) is 0 Å². The molecule has 0 bridgehead atoms. The van der Waals surface area contributed by atoms with Gasteiger partial charge in [0.15, 0.2) is 5.82 Å². The number of hydrogen-bond acceptors (Lipinski definition) is 4. The van der Waals surface area contributed by atoms with Gasteiger partial charge in [-0.2, -0.15) is 0 Å². The van der Waals surface area contributed by atoms with Crippen LogP contribution in [0.25, 0.3) is 0 Å².